The maximum absolute atomic E-state index is 14.3. The van der Waals surface area contributed by atoms with Gasteiger partial charge in [-0.2, -0.15) is 0 Å². The van der Waals surface area contributed by atoms with Crippen molar-refractivity contribution in [1.29, 1.82) is 0 Å². The van der Waals surface area contributed by atoms with Crippen LogP contribution in [0.5, 0.6) is 0 Å². The van der Waals surface area contributed by atoms with Gasteiger partial charge in [0, 0.05) is 28.4 Å². The number of benzene rings is 3. The molecule has 0 unspecified atom stereocenters. The second-order valence-electron chi connectivity index (χ2n) is 9.77. The van der Waals surface area contributed by atoms with Gasteiger partial charge < -0.3 is 15.6 Å². The fraction of sp³-hybridized carbons (Fsp3) is 0.276. The number of nitrogens with one attached hydrogen (secondary N) is 3. The minimum absolute atomic E-state index is 0.121. The zero-order chi connectivity index (χ0) is 27.7. The number of carbonyl (C=O) groups excluding carboxylic acids is 2. The Bertz CT molecular complexity index is 1530. The molecule has 0 atom stereocenters. The number of aromatic amines is 1. The summed E-state index contributed by atoms with van der Waals surface area (Å²) in [5, 5.41) is 5.43. The number of anilines is 1. The highest BCUT2D eigenvalue weighted by Gasteiger charge is 2.27. The van der Waals surface area contributed by atoms with Crippen LogP contribution in [-0.2, 0) is 0 Å². The lowest BCUT2D eigenvalue weighted by Gasteiger charge is -2.16. The van der Waals surface area contributed by atoms with Crippen LogP contribution in [0.1, 0.15) is 64.8 Å². The van der Waals surface area contributed by atoms with E-state index in [9.17, 15) is 27.2 Å². The number of halogens is 4. The predicted molar refractivity (Wildman–Crippen MR) is 139 cm³/mol. The first-order valence-corrected chi connectivity index (χ1v) is 12.8. The summed E-state index contributed by atoms with van der Waals surface area (Å²) in [6.07, 6.45) is 6.62. The van der Waals surface area contributed by atoms with Crippen LogP contribution in [0.15, 0.2) is 42.5 Å². The molecule has 0 spiro atoms. The van der Waals surface area contributed by atoms with Gasteiger partial charge in [0.1, 0.15) is 17.2 Å². The molecule has 39 heavy (non-hydrogen) atoms. The Balaban J connectivity index is 1.31. The lowest BCUT2D eigenvalue weighted by Crippen LogP contribution is -2.34. The van der Waals surface area contributed by atoms with E-state index in [0.717, 1.165) is 32.6 Å². The van der Waals surface area contributed by atoms with Gasteiger partial charge in [-0.15, -0.1) is 0 Å². The molecule has 5 rings (SSSR count). The predicted octanol–water partition coefficient (Wildman–Crippen LogP) is 6.80. The standard InChI is InChI=1S/C29H26F4N4O2/c1-15-23(30)22(25(32)26(33)24(15)31)29(39)35-19-11-8-16(9-12-19)27-36-20-13-10-17(14-21(20)37-27)28(38)34-18-6-4-2-3-5-7-18/h8-14,18H,2-7H2,1H3,(H,34,38)(H,35,39)(H,36,37). The van der Waals surface area contributed by atoms with E-state index in [-0.39, 0.29) is 17.6 Å². The maximum atomic E-state index is 14.3. The Morgan fingerprint density at radius 1 is 0.846 bits per heavy atom. The maximum Gasteiger partial charge on any atom is 0.261 e. The van der Waals surface area contributed by atoms with Crippen molar-refractivity contribution in [2.45, 2.75) is 51.5 Å². The third-order valence-electron chi connectivity index (χ3n) is 7.06. The van der Waals surface area contributed by atoms with Crippen molar-refractivity contribution < 1.29 is 27.2 Å². The largest absolute Gasteiger partial charge is 0.349 e. The number of amides is 2. The third-order valence-corrected chi connectivity index (χ3v) is 7.06. The van der Waals surface area contributed by atoms with Gasteiger partial charge in [-0.1, -0.05) is 25.7 Å². The highest BCUT2D eigenvalue weighted by atomic mass is 19.2. The first kappa shape index (κ1) is 26.4. The van der Waals surface area contributed by atoms with Crippen molar-refractivity contribution in [2.75, 3.05) is 5.32 Å². The molecule has 1 saturated carbocycles. The van der Waals surface area contributed by atoms with Gasteiger partial charge in [0.15, 0.2) is 17.5 Å². The Morgan fingerprint density at radius 3 is 2.23 bits per heavy atom. The van der Waals surface area contributed by atoms with E-state index in [2.05, 4.69) is 20.6 Å². The molecular weight excluding hydrogens is 512 g/mol. The van der Waals surface area contributed by atoms with Gasteiger partial charge >= 0.3 is 0 Å². The summed E-state index contributed by atoms with van der Waals surface area (Å²) in [6, 6.07) is 11.6. The van der Waals surface area contributed by atoms with Gasteiger partial charge in [-0.05, 0) is 62.2 Å². The van der Waals surface area contributed by atoms with E-state index in [1.165, 1.54) is 25.0 Å². The molecule has 1 aliphatic carbocycles. The summed E-state index contributed by atoms with van der Waals surface area (Å²) in [4.78, 5) is 33.0. The molecule has 1 aliphatic rings. The third kappa shape index (κ3) is 5.36. The SMILES string of the molecule is Cc1c(F)c(F)c(F)c(C(=O)Nc2ccc(-c3nc4ccc(C(=O)NC5CCCCCC5)cc4[nH]3)cc2)c1F. The lowest BCUT2D eigenvalue weighted by molar-refractivity contribution is 0.0932. The van der Waals surface area contributed by atoms with Crippen LogP contribution in [0.4, 0.5) is 23.2 Å². The molecule has 0 bridgehead atoms. The summed E-state index contributed by atoms with van der Waals surface area (Å²) in [7, 11) is 0. The molecule has 3 aromatic carbocycles. The number of carbonyl (C=O) groups is 2. The van der Waals surface area contributed by atoms with Crippen molar-refractivity contribution in [3.8, 4) is 11.4 Å². The monoisotopic (exact) mass is 538 g/mol. The van der Waals surface area contributed by atoms with E-state index in [4.69, 9.17) is 0 Å². The van der Waals surface area contributed by atoms with Crippen molar-refractivity contribution in [2.24, 2.45) is 0 Å². The molecule has 6 nitrogen and oxygen atoms in total. The van der Waals surface area contributed by atoms with E-state index in [0.29, 0.717) is 28.0 Å². The number of fused-ring (bicyclic) bond motifs is 1. The molecule has 1 heterocycles. The van der Waals surface area contributed by atoms with Crippen molar-refractivity contribution in [3.63, 3.8) is 0 Å². The zero-order valence-electron chi connectivity index (χ0n) is 21.1. The van der Waals surface area contributed by atoms with Crippen molar-refractivity contribution in [3.05, 3.63) is 82.4 Å². The van der Waals surface area contributed by atoms with Crippen molar-refractivity contribution >= 4 is 28.5 Å². The number of rotatable bonds is 5. The number of hydrogen-bond donors (Lipinski definition) is 3. The zero-order valence-corrected chi connectivity index (χ0v) is 21.1. The summed E-state index contributed by atoms with van der Waals surface area (Å²) in [6.45, 7) is 0.916. The molecule has 2 amide bonds. The molecule has 0 aliphatic heterocycles. The number of hydrogen-bond acceptors (Lipinski definition) is 3. The van der Waals surface area contributed by atoms with Crippen LogP contribution in [0.25, 0.3) is 22.4 Å². The lowest BCUT2D eigenvalue weighted by atomic mass is 10.1. The fourth-order valence-corrected chi connectivity index (χ4v) is 4.84. The molecule has 1 aromatic heterocycles. The first-order valence-electron chi connectivity index (χ1n) is 12.8. The van der Waals surface area contributed by atoms with Crippen molar-refractivity contribution in [1.82, 2.24) is 15.3 Å². The summed E-state index contributed by atoms with van der Waals surface area (Å²) in [5.41, 5.74) is 0.708. The summed E-state index contributed by atoms with van der Waals surface area (Å²) in [5.74, 6) is -7.81. The summed E-state index contributed by atoms with van der Waals surface area (Å²) >= 11 is 0. The second kappa shape index (κ2) is 10.9. The first-order chi connectivity index (χ1) is 18.7. The fourth-order valence-electron chi connectivity index (χ4n) is 4.84. The van der Waals surface area contributed by atoms with E-state index >= 15 is 0 Å². The van der Waals surface area contributed by atoms with Gasteiger partial charge in [0.25, 0.3) is 11.8 Å². The quantitative estimate of drug-likeness (QED) is 0.113. The minimum atomic E-state index is -1.91. The van der Waals surface area contributed by atoms with Gasteiger partial charge in [0.2, 0.25) is 0 Å². The normalized spacial score (nSPS) is 14.3. The summed E-state index contributed by atoms with van der Waals surface area (Å²) < 4.78 is 55.7. The van der Waals surface area contributed by atoms with E-state index < -0.39 is 40.3 Å². The average Bonchev–Trinajstić information content (AvgIpc) is 3.19. The Kier molecular flexibility index (Phi) is 7.36. The average molecular weight is 539 g/mol. The number of imidazole rings is 1. The molecule has 202 valence electrons. The van der Waals surface area contributed by atoms with E-state index in [1.807, 2.05) is 0 Å². The number of aromatic nitrogens is 2. The molecule has 0 saturated heterocycles. The van der Waals surface area contributed by atoms with Crippen LogP contribution in [-0.4, -0.2) is 27.8 Å². The van der Waals surface area contributed by atoms with Crippen LogP contribution in [0.3, 0.4) is 0 Å². The minimum Gasteiger partial charge on any atom is -0.349 e. The molecule has 4 aromatic rings. The van der Waals surface area contributed by atoms with Crippen LogP contribution < -0.4 is 10.6 Å². The Labute approximate surface area is 221 Å². The molecule has 1 fully saturated rings. The second-order valence-corrected chi connectivity index (χ2v) is 9.77. The van der Waals surface area contributed by atoms with Gasteiger partial charge in [0.05, 0.1) is 11.0 Å². The smallest absolute Gasteiger partial charge is 0.261 e. The van der Waals surface area contributed by atoms with Gasteiger partial charge in [-0.3, -0.25) is 9.59 Å². The van der Waals surface area contributed by atoms with Crippen LogP contribution >= 0.6 is 0 Å². The number of nitrogens with zero attached hydrogens (tertiary/aromatic N) is 1. The topological polar surface area (TPSA) is 86.9 Å². The Morgan fingerprint density at radius 2 is 1.54 bits per heavy atom. The van der Waals surface area contributed by atoms with Crippen LogP contribution in [0, 0.1) is 30.2 Å². The highest BCUT2D eigenvalue weighted by molar-refractivity contribution is 6.05. The Hall–Kier alpha value is -4.21. The van der Waals surface area contributed by atoms with E-state index in [1.54, 1.807) is 30.3 Å². The highest BCUT2D eigenvalue weighted by Crippen LogP contribution is 2.26. The molecule has 0 radical (unpaired) electrons. The molecule has 10 heteroatoms. The molecular formula is C29H26F4N4O2. The number of H-pyrrole nitrogens is 1. The van der Waals surface area contributed by atoms with Gasteiger partial charge in [-0.25, -0.2) is 22.5 Å². The van der Waals surface area contributed by atoms with Crippen LogP contribution in [0.2, 0.25) is 0 Å². The molecule has 3 N–H and O–H groups in total.